The van der Waals surface area contributed by atoms with E-state index in [1.807, 2.05) is 0 Å². The standard InChI is InChI=1S/C13H9ClFNO4/c14-9-4-11(10(15)5-12(9)19)16-13(20)6-1-7(17)3-8(18)2-6/h1-5,17-19H,(H,16,20). The molecule has 0 saturated carbocycles. The van der Waals surface area contributed by atoms with Gasteiger partial charge < -0.3 is 20.6 Å². The highest BCUT2D eigenvalue weighted by Gasteiger charge is 2.13. The van der Waals surface area contributed by atoms with Crippen LogP contribution in [0, 0.1) is 5.82 Å². The second kappa shape index (κ2) is 5.26. The van der Waals surface area contributed by atoms with Crippen molar-refractivity contribution in [1.29, 1.82) is 0 Å². The van der Waals surface area contributed by atoms with Gasteiger partial charge in [0.2, 0.25) is 0 Å². The van der Waals surface area contributed by atoms with Crippen LogP contribution in [0.25, 0.3) is 0 Å². The molecule has 0 spiro atoms. The van der Waals surface area contributed by atoms with Crippen molar-refractivity contribution in [3.8, 4) is 17.2 Å². The highest BCUT2D eigenvalue weighted by Crippen LogP contribution is 2.29. The van der Waals surface area contributed by atoms with E-state index in [2.05, 4.69) is 5.32 Å². The van der Waals surface area contributed by atoms with Crippen LogP contribution in [0.4, 0.5) is 10.1 Å². The number of halogens is 2. The molecule has 0 bridgehead atoms. The van der Waals surface area contributed by atoms with Crippen molar-refractivity contribution in [2.45, 2.75) is 0 Å². The second-order valence-corrected chi connectivity index (χ2v) is 4.38. The Morgan fingerprint density at radius 2 is 1.65 bits per heavy atom. The van der Waals surface area contributed by atoms with Crippen LogP contribution in [0.5, 0.6) is 17.2 Å². The van der Waals surface area contributed by atoms with Crippen molar-refractivity contribution in [2.24, 2.45) is 0 Å². The van der Waals surface area contributed by atoms with E-state index in [1.165, 1.54) is 0 Å². The zero-order valence-corrected chi connectivity index (χ0v) is 10.6. The predicted octanol–water partition coefficient (Wildman–Crippen LogP) is 2.85. The molecular weight excluding hydrogens is 289 g/mol. The molecule has 5 nitrogen and oxygen atoms in total. The van der Waals surface area contributed by atoms with Gasteiger partial charge in [-0.2, -0.15) is 0 Å². The number of nitrogens with one attached hydrogen (secondary N) is 1. The average Bonchev–Trinajstić information content (AvgIpc) is 2.34. The topological polar surface area (TPSA) is 89.8 Å². The van der Waals surface area contributed by atoms with Gasteiger partial charge in [0.1, 0.15) is 17.2 Å². The van der Waals surface area contributed by atoms with Crippen molar-refractivity contribution in [3.63, 3.8) is 0 Å². The summed E-state index contributed by atoms with van der Waals surface area (Å²) in [6.07, 6.45) is 0. The molecule has 2 aromatic carbocycles. The van der Waals surface area contributed by atoms with Crippen LogP contribution in [-0.2, 0) is 0 Å². The Bertz CT molecular complexity index is 670. The van der Waals surface area contributed by atoms with E-state index in [9.17, 15) is 24.5 Å². The van der Waals surface area contributed by atoms with Crippen LogP contribution in [0.15, 0.2) is 30.3 Å². The van der Waals surface area contributed by atoms with E-state index in [-0.39, 0.29) is 27.8 Å². The van der Waals surface area contributed by atoms with E-state index in [0.29, 0.717) is 0 Å². The number of rotatable bonds is 2. The fourth-order valence-corrected chi connectivity index (χ4v) is 1.72. The Hall–Kier alpha value is -2.47. The minimum absolute atomic E-state index is 0.0638. The molecule has 104 valence electrons. The highest BCUT2D eigenvalue weighted by molar-refractivity contribution is 6.32. The summed E-state index contributed by atoms with van der Waals surface area (Å²) in [5, 5.41) is 29.8. The molecule has 7 heteroatoms. The summed E-state index contributed by atoms with van der Waals surface area (Å²) >= 11 is 5.62. The fraction of sp³-hybridized carbons (Fsp3) is 0. The summed E-state index contributed by atoms with van der Waals surface area (Å²) in [4.78, 5) is 11.9. The first-order valence-electron chi connectivity index (χ1n) is 5.39. The third-order valence-corrected chi connectivity index (χ3v) is 2.75. The Morgan fingerprint density at radius 3 is 2.25 bits per heavy atom. The third kappa shape index (κ3) is 2.92. The largest absolute Gasteiger partial charge is 0.508 e. The summed E-state index contributed by atoms with van der Waals surface area (Å²) in [6, 6.07) is 5.07. The van der Waals surface area contributed by atoms with Crippen molar-refractivity contribution in [2.75, 3.05) is 5.32 Å². The van der Waals surface area contributed by atoms with Crippen LogP contribution in [0.2, 0.25) is 5.02 Å². The number of hydrogen-bond acceptors (Lipinski definition) is 4. The Morgan fingerprint density at radius 1 is 1.05 bits per heavy atom. The maximum absolute atomic E-state index is 13.5. The van der Waals surface area contributed by atoms with E-state index >= 15 is 0 Å². The lowest BCUT2D eigenvalue weighted by Crippen LogP contribution is -2.12. The van der Waals surface area contributed by atoms with Gasteiger partial charge in [0.25, 0.3) is 5.91 Å². The number of phenolic OH excluding ortho intramolecular Hbond substituents is 3. The maximum Gasteiger partial charge on any atom is 0.256 e. The number of amides is 1. The molecule has 0 aliphatic heterocycles. The van der Waals surface area contributed by atoms with E-state index in [0.717, 1.165) is 30.3 Å². The number of aromatic hydroxyl groups is 3. The minimum Gasteiger partial charge on any atom is -0.508 e. The molecule has 4 N–H and O–H groups in total. The van der Waals surface area contributed by atoms with Gasteiger partial charge in [-0.1, -0.05) is 11.6 Å². The molecule has 0 heterocycles. The highest BCUT2D eigenvalue weighted by atomic mass is 35.5. The third-order valence-electron chi connectivity index (χ3n) is 2.45. The van der Waals surface area contributed by atoms with Crippen molar-refractivity contribution < 1.29 is 24.5 Å². The van der Waals surface area contributed by atoms with Gasteiger partial charge in [0.05, 0.1) is 10.7 Å². The molecular formula is C13H9ClFNO4. The number of benzene rings is 2. The number of hydrogen-bond donors (Lipinski definition) is 4. The summed E-state index contributed by atoms with van der Waals surface area (Å²) in [5.74, 6) is -2.68. The second-order valence-electron chi connectivity index (χ2n) is 3.98. The SMILES string of the molecule is O=C(Nc1cc(Cl)c(O)cc1F)c1cc(O)cc(O)c1. The van der Waals surface area contributed by atoms with Crippen molar-refractivity contribution >= 4 is 23.2 Å². The number of carbonyl (C=O) groups is 1. The predicted molar refractivity (Wildman–Crippen MR) is 70.8 cm³/mol. The van der Waals surface area contributed by atoms with Crippen molar-refractivity contribution in [3.05, 3.63) is 46.7 Å². The molecule has 2 aromatic rings. The lowest BCUT2D eigenvalue weighted by Gasteiger charge is -2.08. The normalized spacial score (nSPS) is 10.3. The molecule has 0 radical (unpaired) electrons. The summed E-state index contributed by atoms with van der Waals surface area (Å²) in [7, 11) is 0. The monoisotopic (exact) mass is 297 g/mol. The lowest BCUT2D eigenvalue weighted by molar-refractivity contribution is 0.102. The first kappa shape index (κ1) is 14.0. The van der Waals surface area contributed by atoms with Crippen LogP contribution in [-0.4, -0.2) is 21.2 Å². The smallest absolute Gasteiger partial charge is 0.256 e. The molecule has 0 atom stereocenters. The fourth-order valence-electron chi connectivity index (χ4n) is 1.55. The Kier molecular flexibility index (Phi) is 3.67. The lowest BCUT2D eigenvalue weighted by atomic mass is 10.2. The van der Waals surface area contributed by atoms with E-state index in [4.69, 9.17) is 11.6 Å². The molecule has 0 aliphatic carbocycles. The Labute approximate surface area is 117 Å². The average molecular weight is 298 g/mol. The molecule has 0 aliphatic rings. The molecule has 1 amide bonds. The van der Waals surface area contributed by atoms with E-state index in [1.54, 1.807) is 0 Å². The quantitative estimate of drug-likeness (QED) is 0.642. The van der Waals surface area contributed by atoms with Crippen LogP contribution in [0.1, 0.15) is 10.4 Å². The zero-order chi connectivity index (χ0) is 14.9. The van der Waals surface area contributed by atoms with Crippen LogP contribution >= 0.6 is 11.6 Å². The molecule has 0 unspecified atom stereocenters. The number of carbonyl (C=O) groups excluding carboxylic acids is 1. The van der Waals surface area contributed by atoms with Gasteiger partial charge in [-0.25, -0.2) is 4.39 Å². The molecule has 0 saturated heterocycles. The molecule has 2 rings (SSSR count). The summed E-state index contributed by atoms with van der Waals surface area (Å²) in [5.41, 5.74) is -0.299. The van der Waals surface area contributed by atoms with Crippen LogP contribution < -0.4 is 5.32 Å². The zero-order valence-electron chi connectivity index (χ0n) is 9.89. The van der Waals surface area contributed by atoms with Gasteiger partial charge in [-0.3, -0.25) is 4.79 Å². The van der Waals surface area contributed by atoms with Gasteiger partial charge in [0.15, 0.2) is 5.82 Å². The summed E-state index contributed by atoms with van der Waals surface area (Å²) < 4.78 is 13.5. The van der Waals surface area contributed by atoms with Gasteiger partial charge >= 0.3 is 0 Å². The first-order chi connectivity index (χ1) is 9.36. The summed E-state index contributed by atoms with van der Waals surface area (Å²) in [6.45, 7) is 0. The molecule has 0 aromatic heterocycles. The molecule has 20 heavy (non-hydrogen) atoms. The van der Waals surface area contributed by atoms with Gasteiger partial charge in [0, 0.05) is 17.7 Å². The number of anilines is 1. The Balaban J connectivity index is 2.30. The molecule has 0 fully saturated rings. The van der Waals surface area contributed by atoms with Gasteiger partial charge in [-0.05, 0) is 18.2 Å². The first-order valence-corrected chi connectivity index (χ1v) is 5.77. The minimum atomic E-state index is -0.871. The number of phenols is 3. The van der Waals surface area contributed by atoms with Crippen molar-refractivity contribution in [1.82, 2.24) is 0 Å². The maximum atomic E-state index is 13.5. The van der Waals surface area contributed by atoms with E-state index < -0.39 is 17.5 Å². The van der Waals surface area contributed by atoms with Crippen LogP contribution in [0.3, 0.4) is 0 Å². The van der Waals surface area contributed by atoms with Gasteiger partial charge in [-0.15, -0.1) is 0 Å².